The molecule has 26 heavy (non-hydrogen) atoms. The lowest BCUT2D eigenvalue weighted by molar-refractivity contribution is 0.684. The Morgan fingerprint density at radius 2 is 2.04 bits per heavy atom. The van der Waals surface area contributed by atoms with Gasteiger partial charge in [0.1, 0.15) is 0 Å². The Hall–Kier alpha value is -2.60. The molecular weight excluding hydrogens is 342 g/mol. The second-order valence-corrected chi connectivity index (χ2v) is 7.08. The molecule has 1 atom stereocenters. The number of nitrogens with zero attached hydrogens (tertiary/aromatic N) is 3. The molecule has 3 rings (SSSR count). The fourth-order valence-electron chi connectivity index (χ4n) is 2.68. The summed E-state index contributed by atoms with van der Waals surface area (Å²) >= 11 is 1.74. The summed E-state index contributed by atoms with van der Waals surface area (Å²) in [7, 11) is 1.80. The average molecular weight is 368 g/mol. The Bertz CT molecular complexity index is 808. The molecule has 1 aromatic carbocycles. The van der Waals surface area contributed by atoms with Gasteiger partial charge in [-0.15, -0.1) is 0 Å². The standard InChI is InChI=1S/C20H25N5S/c1-16(19-8-9-26-15-19)10-22-20(21-2)23-11-18-12-24-25(14-18)13-17-6-4-3-5-7-17/h3-9,12,14-16H,10-11,13H2,1-2H3,(H2,21,22,23). The molecule has 136 valence electrons. The van der Waals surface area contributed by atoms with Crippen LogP contribution in [-0.4, -0.2) is 29.3 Å². The topological polar surface area (TPSA) is 54.2 Å². The number of thiophene rings is 1. The second kappa shape index (κ2) is 9.20. The number of hydrogen-bond acceptors (Lipinski definition) is 3. The van der Waals surface area contributed by atoms with E-state index in [1.54, 1.807) is 18.4 Å². The van der Waals surface area contributed by atoms with Crippen LogP contribution in [0.1, 0.15) is 29.5 Å². The number of benzene rings is 1. The van der Waals surface area contributed by atoms with Gasteiger partial charge in [0.2, 0.25) is 0 Å². The number of nitrogens with one attached hydrogen (secondary N) is 2. The van der Waals surface area contributed by atoms with Crippen molar-refractivity contribution in [3.05, 3.63) is 76.2 Å². The third-order valence-corrected chi connectivity index (χ3v) is 4.95. The predicted octanol–water partition coefficient (Wildman–Crippen LogP) is 3.46. The summed E-state index contributed by atoms with van der Waals surface area (Å²) in [4.78, 5) is 4.30. The molecule has 2 N–H and O–H groups in total. The molecule has 0 saturated heterocycles. The average Bonchev–Trinajstić information content (AvgIpc) is 3.35. The maximum Gasteiger partial charge on any atom is 0.191 e. The lowest BCUT2D eigenvalue weighted by Crippen LogP contribution is -2.38. The molecule has 0 radical (unpaired) electrons. The molecule has 6 heteroatoms. The Balaban J connectivity index is 1.46. The minimum atomic E-state index is 0.452. The van der Waals surface area contributed by atoms with Crippen LogP contribution in [0, 0.1) is 0 Å². The monoisotopic (exact) mass is 367 g/mol. The van der Waals surface area contributed by atoms with Crippen molar-refractivity contribution in [3.63, 3.8) is 0 Å². The minimum absolute atomic E-state index is 0.452. The molecule has 3 aromatic rings. The Morgan fingerprint density at radius 3 is 2.77 bits per heavy atom. The quantitative estimate of drug-likeness (QED) is 0.497. The van der Waals surface area contributed by atoms with Crippen molar-refractivity contribution in [1.82, 2.24) is 20.4 Å². The third-order valence-electron chi connectivity index (χ3n) is 4.25. The van der Waals surface area contributed by atoms with Crippen LogP contribution in [0.25, 0.3) is 0 Å². The molecule has 0 amide bonds. The van der Waals surface area contributed by atoms with Crippen molar-refractivity contribution in [2.45, 2.75) is 25.9 Å². The van der Waals surface area contributed by atoms with E-state index in [9.17, 15) is 0 Å². The fraction of sp³-hybridized carbons (Fsp3) is 0.300. The van der Waals surface area contributed by atoms with Gasteiger partial charge >= 0.3 is 0 Å². The highest BCUT2D eigenvalue weighted by Crippen LogP contribution is 2.16. The molecule has 2 heterocycles. The summed E-state index contributed by atoms with van der Waals surface area (Å²) in [6.07, 6.45) is 3.97. The number of guanidine groups is 1. The van der Waals surface area contributed by atoms with Crippen LogP contribution in [-0.2, 0) is 13.1 Å². The van der Waals surface area contributed by atoms with Gasteiger partial charge in [-0.3, -0.25) is 9.67 Å². The van der Waals surface area contributed by atoms with E-state index in [0.717, 1.165) is 24.6 Å². The van der Waals surface area contributed by atoms with Gasteiger partial charge in [0, 0.05) is 31.9 Å². The second-order valence-electron chi connectivity index (χ2n) is 6.30. The van der Waals surface area contributed by atoms with Crippen molar-refractivity contribution in [3.8, 4) is 0 Å². The lowest BCUT2D eigenvalue weighted by Gasteiger charge is -2.15. The zero-order chi connectivity index (χ0) is 18.2. The number of aromatic nitrogens is 2. The third kappa shape index (κ3) is 5.20. The van der Waals surface area contributed by atoms with E-state index in [4.69, 9.17) is 0 Å². The largest absolute Gasteiger partial charge is 0.356 e. The Morgan fingerprint density at radius 1 is 1.19 bits per heavy atom. The van der Waals surface area contributed by atoms with Crippen LogP contribution in [0.4, 0.5) is 0 Å². The van der Waals surface area contributed by atoms with E-state index in [1.165, 1.54) is 11.1 Å². The van der Waals surface area contributed by atoms with Gasteiger partial charge in [-0.2, -0.15) is 16.4 Å². The van der Waals surface area contributed by atoms with E-state index in [1.807, 2.05) is 29.1 Å². The van der Waals surface area contributed by atoms with Crippen molar-refractivity contribution in [2.75, 3.05) is 13.6 Å². The summed E-state index contributed by atoms with van der Waals surface area (Å²) in [5.41, 5.74) is 3.74. The van der Waals surface area contributed by atoms with Crippen LogP contribution in [0.2, 0.25) is 0 Å². The zero-order valence-corrected chi connectivity index (χ0v) is 16.0. The normalized spacial score (nSPS) is 12.8. The minimum Gasteiger partial charge on any atom is -0.356 e. The molecule has 1 unspecified atom stereocenters. The van der Waals surface area contributed by atoms with Gasteiger partial charge in [-0.05, 0) is 33.9 Å². The van der Waals surface area contributed by atoms with Gasteiger partial charge in [0.05, 0.1) is 12.7 Å². The van der Waals surface area contributed by atoms with Crippen LogP contribution >= 0.6 is 11.3 Å². The molecule has 0 aliphatic heterocycles. The molecule has 0 bridgehead atoms. The van der Waals surface area contributed by atoms with Crippen molar-refractivity contribution >= 4 is 17.3 Å². The molecule has 0 spiro atoms. The molecule has 0 fully saturated rings. The first-order valence-electron chi connectivity index (χ1n) is 8.76. The van der Waals surface area contributed by atoms with Gasteiger partial charge < -0.3 is 10.6 Å². The highest BCUT2D eigenvalue weighted by atomic mass is 32.1. The van der Waals surface area contributed by atoms with E-state index in [2.05, 4.69) is 62.8 Å². The zero-order valence-electron chi connectivity index (χ0n) is 15.2. The van der Waals surface area contributed by atoms with E-state index >= 15 is 0 Å². The van der Waals surface area contributed by atoms with Crippen molar-refractivity contribution < 1.29 is 0 Å². The number of rotatable bonds is 7. The maximum atomic E-state index is 4.44. The van der Waals surface area contributed by atoms with Crippen LogP contribution in [0.15, 0.2) is 64.5 Å². The van der Waals surface area contributed by atoms with Crippen molar-refractivity contribution in [1.29, 1.82) is 0 Å². The van der Waals surface area contributed by atoms with Gasteiger partial charge in [-0.25, -0.2) is 0 Å². The van der Waals surface area contributed by atoms with Gasteiger partial charge in [0.15, 0.2) is 5.96 Å². The Labute approximate surface area is 158 Å². The highest BCUT2D eigenvalue weighted by molar-refractivity contribution is 7.07. The summed E-state index contributed by atoms with van der Waals surface area (Å²) in [6.45, 7) is 4.55. The summed E-state index contributed by atoms with van der Waals surface area (Å²) in [6, 6.07) is 12.5. The molecule has 0 aliphatic rings. The molecular formula is C20H25N5S. The Kier molecular flexibility index (Phi) is 6.44. The van der Waals surface area contributed by atoms with Crippen LogP contribution in [0.5, 0.6) is 0 Å². The first-order chi connectivity index (χ1) is 12.7. The number of aliphatic imine (C=N–C) groups is 1. The predicted molar refractivity (Wildman–Crippen MR) is 109 cm³/mol. The number of hydrogen-bond donors (Lipinski definition) is 2. The highest BCUT2D eigenvalue weighted by Gasteiger charge is 2.07. The maximum absolute atomic E-state index is 4.44. The molecule has 2 aromatic heterocycles. The smallest absolute Gasteiger partial charge is 0.191 e. The SMILES string of the molecule is CN=C(NCc1cnn(Cc2ccccc2)c1)NCC(C)c1ccsc1. The molecule has 5 nitrogen and oxygen atoms in total. The van der Waals surface area contributed by atoms with Gasteiger partial charge in [-0.1, -0.05) is 37.3 Å². The lowest BCUT2D eigenvalue weighted by atomic mass is 10.1. The first kappa shape index (κ1) is 18.2. The summed E-state index contributed by atoms with van der Waals surface area (Å²) < 4.78 is 1.96. The summed E-state index contributed by atoms with van der Waals surface area (Å²) in [5.74, 6) is 1.26. The van der Waals surface area contributed by atoms with E-state index in [0.29, 0.717) is 12.5 Å². The van der Waals surface area contributed by atoms with Crippen LogP contribution < -0.4 is 10.6 Å². The van der Waals surface area contributed by atoms with Crippen LogP contribution in [0.3, 0.4) is 0 Å². The first-order valence-corrected chi connectivity index (χ1v) is 9.70. The van der Waals surface area contributed by atoms with Gasteiger partial charge in [0.25, 0.3) is 0 Å². The van der Waals surface area contributed by atoms with E-state index < -0.39 is 0 Å². The fourth-order valence-corrected chi connectivity index (χ4v) is 3.47. The summed E-state index contributed by atoms with van der Waals surface area (Å²) in [5, 5.41) is 15.5. The van der Waals surface area contributed by atoms with E-state index in [-0.39, 0.29) is 0 Å². The van der Waals surface area contributed by atoms with Crippen molar-refractivity contribution in [2.24, 2.45) is 4.99 Å². The molecule has 0 aliphatic carbocycles. The molecule has 0 saturated carbocycles.